The van der Waals surface area contributed by atoms with E-state index in [-0.39, 0.29) is 11.8 Å². The Kier molecular flexibility index (Phi) is 3.88. The number of hydrogen-bond acceptors (Lipinski definition) is 3. The Hall–Kier alpha value is -1.94. The molecule has 1 atom stereocenters. The van der Waals surface area contributed by atoms with Gasteiger partial charge in [0.05, 0.1) is 12.6 Å². The summed E-state index contributed by atoms with van der Waals surface area (Å²) in [4.78, 5) is 19.2. The summed E-state index contributed by atoms with van der Waals surface area (Å²) in [6.07, 6.45) is 4.83. The van der Waals surface area contributed by atoms with Gasteiger partial charge >= 0.3 is 0 Å². The molecule has 2 aromatic rings. The zero-order valence-corrected chi connectivity index (χ0v) is 12.6. The van der Waals surface area contributed by atoms with Crippen molar-refractivity contribution in [1.82, 2.24) is 14.5 Å². The van der Waals surface area contributed by atoms with Crippen LogP contribution in [0.25, 0.3) is 0 Å². The predicted octanol–water partition coefficient (Wildman–Crippen LogP) is 2.53. The molecule has 21 heavy (non-hydrogen) atoms. The number of nitrogens with zero attached hydrogens (tertiary/aromatic N) is 3. The second-order valence-corrected chi connectivity index (χ2v) is 5.60. The molecule has 0 saturated carbocycles. The van der Waals surface area contributed by atoms with E-state index in [1.54, 1.807) is 0 Å². The third kappa shape index (κ3) is 2.76. The van der Waals surface area contributed by atoms with Gasteiger partial charge in [-0.25, -0.2) is 4.98 Å². The van der Waals surface area contributed by atoms with Gasteiger partial charge in [-0.1, -0.05) is 31.2 Å². The molecule has 0 fully saturated rings. The van der Waals surface area contributed by atoms with Crippen molar-refractivity contribution in [2.24, 2.45) is 0 Å². The van der Waals surface area contributed by atoms with Crippen LogP contribution in [0, 0.1) is 0 Å². The third-order valence-electron chi connectivity index (χ3n) is 4.35. The molecular weight excluding hydrogens is 262 g/mol. The summed E-state index contributed by atoms with van der Waals surface area (Å²) < 4.78 is 2.16. The minimum Gasteiger partial charge on any atom is -0.333 e. The summed E-state index contributed by atoms with van der Waals surface area (Å²) in [6, 6.07) is 7.87. The molecule has 3 rings (SSSR count). The van der Waals surface area contributed by atoms with Gasteiger partial charge in [-0.15, -0.1) is 0 Å². The Balaban J connectivity index is 1.72. The molecule has 0 N–H and O–H groups in total. The highest BCUT2D eigenvalue weighted by Gasteiger charge is 2.26. The van der Waals surface area contributed by atoms with Gasteiger partial charge in [0.15, 0.2) is 5.78 Å². The minimum absolute atomic E-state index is 0.108. The van der Waals surface area contributed by atoms with E-state index in [0.717, 1.165) is 37.4 Å². The lowest BCUT2D eigenvalue weighted by Gasteiger charge is -2.31. The molecule has 1 aliphatic rings. The van der Waals surface area contributed by atoms with E-state index in [1.165, 1.54) is 5.56 Å². The number of carbonyl (C=O) groups is 1. The van der Waals surface area contributed by atoms with Crippen molar-refractivity contribution in [3.8, 4) is 0 Å². The summed E-state index contributed by atoms with van der Waals surface area (Å²) in [5.74, 6) is 1.24. The molecule has 110 valence electrons. The Labute approximate surface area is 125 Å². The second kappa shape index (κ2) is 5.82. The number of rotatable bonds is 4. The smallest absolute Gasteiger partial charge is 0.179 e. The van der Waals surface area contributed by atoms with E-state index in [1.807, 2.05) is 43.6 Å². The van der Waals surface area contributed by atoms with Gasteiger partial charge in [0.2, 0.25) is 0 Å². The molecule has 4 nitrogen and oxygen atoms in total. The highest BCUT2D eigenvalue weighted by Crippen LogP contribution is 2.17. The van der Waals surface area contributed by atoms with E-state index < -0.39 is 0 Å². The number of aryl methyl sites for hydroxylation is 1. The molecule has 1 unspecified atom stereocenters. The number of imidazole rings is 1. The maximum absolute atomic E-state index is 12.6. The Morgan fingerprint density at radius 3 is 2.76 bits per heavy atom. The molecule has 0 bridgehead atoms. The van der Waals surface area contributed by atoms with Crippen molar-refractivity contribution in [2.75, 3.05) is 6.54 Å². The first kappa shape index (κ1) is 14.0. The van der Waals surface area contributed by atoms with Gasteiger partial charge in [-0.05, 0) is 18.9 Å². The molecule has 0 radical (unpaired) electrons. The standard InChI is InChI=1S/C17H21N3O/c1-3-14-4-6-15(7-5-14)17(21)13(2)20-11-10-19-9-8-18-16(19)12-20/h4-9,13H,3,10-12H2,1-2H3. The average Bonchev–Trinajstić information content (AvgIpc) is 3.01. The fraction of sp³-hybridized carbons (Fsp3) is 0.412. The number of Topliss-reactive ketones (excluding diaryl/α,β-unsaturated/α-hetero) is 1. The molecule has 1 aromatic heterocycles. The molecule has 0 saturated heterocycles. The molecule has 1 aromatic carbocycles. The summed E-state index contributed by atoms with van der Waals surface area (Å²) in [5.41, 5.74) is 2.06. The van der Waals surface area contributed by atoms with E-state index in [4.69, 9.17) is 0 Å². The van der Waals surface area contributed by atoms with Crippen LogP contribution in [0.2, 0.25) is 0 Å². The zero-order valence-electron chi connectivity index (χ0n) is 12.6. The second-order valence-electron chi connectivity index (χ2n) is 5.60. The number of ketones is 1. The first-order chi connectivity index (χ1) is 10.2. The normalized spacial score (nSPS) is 16.5. The zero-order chi connectivity index (χ0) is 14.8. The molecule has 2 heterocycles. The van der Waals surface area contributed by atoms with Crippen molar-refractivity contribution in [3.05, 3.63) is 53.6 Å². The summed E-state index contributed by atoms with van der Waals surface area (Å²) >= 11 is 0. The predicted molar refractivity (Wildman–Crippen MR) is 82.2 cm³/mol. The highest BCUT2D eigenvalue weighted by atomic mass is 16.1. The lowest BCUT2D eigenvalue weighted by atomic mass is 10.0. The molecule has 0 spiro atoms. The van der Waals surface area contributed by atoms with Crippen molar-refractivity contribution < 1.29 is 4.79 Å². The topological polar surface area (TPSA) is 38.1 Å². The Morgan fingerprint density at radius 1 is 1.29 bits per heavy atom. The number of benzene rings is 1. The van der Waals surface area contributed by atoms with Crippen LogP contribution in [0.1, 0.15) is 35.6 Å². The summed E-state index contributed by atoms with van der Waals surface area (Å²) in [6.45, 7) is 6.65. The van der Waals surface area contributed by atoms with E-state index >= 15 is 0 Å². The number of carbonyl (C=O) groups excluding carboxylic acids is 1. The van der Waals surface area contributed by atoms with Crippen LogP contribution in [0.15, 0.2) is 36.7 Å². The molecule has 1 aliphatic heterocycles. The molecule has 4 heteroatoms. The van der Waals surface area contributed by atoms with Crippen molar-refractivity contribution in [2.45, 2.75) is 39.4 Å². The van der Waals surface area contributed by atoms with Crippen LogP contribution in [0.5, 0.6) is 0 Å². The van der Waals surface area contributed by atoms with Crippen LogP contribution in [0.4, 0.5) is 0 Å². The van der Waals surface area contributed by atoms with Gasteiger partial charge < -0.3 is 4.57 Å². The van der Waals surface area contributed by atoms with Crippen LogP contribution < -0.4 is 0 Å². The Morgan fingerprint density at radius 2 is 2.05 bits per heavy atom. The van der Waals surface area contributed by atoms with Crippen molar-refractivity contribution in [1.29, 1.82) is 0 Å². The van der Waals surface area contributed by atoms with Gasteiger partial charge in [0, 0.05) is 31.0 Å². The maximum atomic E-state index is 12.6. The maximum Gasteiger partial charge on any atom is 0.179 e. The van der Waals surface area contributed by atoms with Crippen LogP contribution in [0.3, 0.4) is 0 Å². The minimum atomic E-state index is -0.108. The van der Waals surface area contributed by atoms with E-state index in [0.29, 0.717) is 0 Å². The van der Waals surface area contributed by atoms with Crippen LogP contribution in [-0.4, -0.2) is 32.8 Å². The van der Waals surface area contributed by atoms with Gasteiger partial charge in [-0.2, -0.15) is 0 Å². The fourth-order valence-corrected chi connectivity index (χ4v) is 2.83. The first-order valence-electron chi connectivity index (χ1n) is 7.56. The Bertz CT molecular complexity index is 630. The fourth-order valence-electron chi connectivity index (χ4n) is 2.83. The van der Waals surface area contributed by atoms with Gasteiger partial charge in [0.25, 0.3) is 0 Å². The van der Waals surface area contributed by atoms with Gasteiger partial charge in [0.1, 0.15) is 5.82 Å². The number of hydrogen-bond donors (Lipinski definition) is 0. The van der Waals surface area contributed by atoms with E-state index in [2.05, 4.69) is 21.4 Å². The number of fused-ring (bicyclic) bond motifs is 1. The number of aromatic nitrogens is 2. The van der Waals surface area contributed by atoms with Crippen LogP contribution in [-0.2, 0) is 19.5 Å². The van der Waals surface area contributed by atoms with E-state index in [9.17, 15) is 4.79 Å². The largest absolute Gasteiger partial charge is 0.333 e. The monoisotopic (exact) mass is 283 g/mol. The third-order valence-corrected chi connectivity index (χ3v) is 4.35. The summed E-state index contributed by atoms with van der Waals surface area (Å²) in [5, 5.41) is 0. The first-order valence-corrected chi connectivity index (χ1v) is 7.56. The SMILES string of the molecule is CCc1ccc(C(=O)C(C)N2CCn3ccnc3C2)cc1. The molecular formula is C17H21N3O. The summed E-state index contributed by atoms with van der Waals surface area (Å²) in [7, 11) is 0. The average molecular weight is 283 g/mol. The van der Waals surface area contributed by atoms with Crippen molar-refractivity contribution in [3.63, 3.8) is 0 Å². The highest BCUT2D eigenvalue weighted by molar-refractivity contribution is 5.99. The molecule has 0 aliphatic carbocycles. The lowest BCUT2D eigenvalue weighted by Crippen LogP contribution is -2.43. The van der Waals surface area contributed by atoms with Crippen molar-refractivity contribution >= 4 is 5.78 Å². The van der Waals surface area contributed by atoms with Gasteiger partial charge in [-0.3, -0.25) is 9.69 Å². The quantitative estimate of drug-likeness (QED) is 0.809. The molecule has 0 amide bonds. The van der Waals surface area contributed by atoms with Crippen LogP contribution >= 0.6 is 0 Å². The lowest BCUT2D eigenvalue weighted by molar-refractivity contribution is 0.0793.